The maximum absolute atomic E-state index is 15.4. The molecule has 1 aromatic carbocycles. The summed E-state index contributed by atoms with van der Waals surface area (Å²) in [6.07, 6.45) is 3.68. The quantitative estimate of drug-likeness (QED) is 0.428. The molecule has 2 atom stereocenters. The normalized spacial score (nSPS) is 14.9. The third kappa shape index (κ3) is 3.96. The number of aromatic hydroxyl groups is 1. The third-order valence-electron chi connectivity index (χ3n) is 6.32. The number of rotatable bonds is 4. The molecular weight excluding hydrogens is 483 g/mol. The Morgan fingerprint density at radius 3 is 2.89 bits per heavy atom. The molecule has 11 nitrogen and oxygen atoms in total. The largest absolute Gasteiger partial charge is 0.501 e. The van der Waals surface area contributed by atoms with E-state index >= 15 is 4.39 Å². The van der Waals surface area contributed by atoms with Gasteiger partial charge in [0, 0.05) is 25.1 Å². The number of hydrogen-bond donors (Lipinski definition) is 2. The average Bonchev–Trinajstić information content (AvgIpc) is 3.33. The van der Waals surface area contributed by atoms with Crippen LogP contribution in [-0.4, -0.2) is 30.7 Å². The standard InChI is InChI=1S/C25H19FN6O5/c1-12(22-31-20(21(33)25(35)32(22)2)23(34)30-15-9-29-37-11-15)17-18-13(8-27)4-3-5-14(18)10-36-24-19(17)16(26)6-7-28-24/h3-7,9,11-12,17,33H,10H2,1-2H3,(H,30,34). The van der Waals surface area contributed by atoms with Crippen molar-refractivity contribution in [2.45, 2.75) is 25.4 Å². The van der Waals surface area contributed by atoms with E-state index in [4.69, 9.17) is 4.74 Å². The number of hydrogen-bond acceptors (Lipinski definition) is 9. The summed E-state index contributed by atoms with van der Waals surface area (Å²) in [6, 6.07) is 8.41. The van der Waals surface area contributed by atoms with Gasteiger partial charge in [0.05, 0.1) is 23.4 Å². The van der Waals surface area contributed by atoms with Crippen molar-refractivity contribution in [1.82, 2.24) is 19.7 Å². The van der Waals surface area contributed by atoms with E-state index in [0.717, 1.165) is 10.8 Å². The van der Waals surface area contributed by atoms with Gasteiger partial charge in [0.1, 0.15) is 30.2 Å². The molecule has 3 aromatic heterocycles. The van der Waals surface area contributed by atoms with Gasteiger partial charge in [0.15, 0.2) is 5.69 Å². The van der Waals surface area contributed by atoms with Crippen LogP contribution in [0.15, 0.2) is 52.2 Å². The summed E-state index contributed by atoms with van der Waals surface area (Å²) < 4.78 is 26.9. The van der Waals surface area contributed by atoms with Gasteiger partial charge in [-0.2, -0.15) is 5.26 Å². The summed E-state index contributed by atoms with van der Waals surface area (Å²) in [5.74, 6) is -3.88. The van der Waals surface area contributed by atoms with Crippen LogP contribution in [0.2, 0.25) is 0 Å². The number of nitriles is 1. The predicted octanol–water partition coefficient (Wildman–Crippen LogP) is 2.96. The fourth-order valence-electron chi connectivity index (χ4n) is 4.60. The summed E-state index contributed by atoms with van der Waals surface area (Å²) >= 11 is 0. The van der Waals surface area contributed by atoms with Gasteiger partial charge in [-0.15, -0.1) is 0 Å². The van der Waals surface area contributed by atoms with Crippen molar-refractivity contribution in [2.75, 3.05) is 5.32 Å². The molecule has 4 aromatic rings. The summed E-state index contributed by atoms with van der Waals surface area (Å²) in [6.45, 7) is 1.73. The highest BCUT2D eigenvalue weighted by atomic mass is 19.1. The van der Waals surface area contributed by atoms with Gasteiger partial charge in [0.2, 0.25) is 11.6 Å². The summed E-state index contributed by atoms with van der Waals surface area (Å²) in [4.78, 5) is 34.3. The third-order valence-corrected chi connectivity index (χ3v) is 6.32. The predicted molar refractivity (Wildman–Crippen MR) is 126 cm³/mol. The van der Waals surface area contributed by atoms with Crippen LogP contribution in [0.4, 0.5) is 10.1 Å². The number of nitrogens with zero attached hydrogens (tertiary/aromatic N) is 5. The number of pyridine rings is 1. The molecule has 4 heterocycles. The monoisotopic (exact) mass is 502 g/mol. The Bertz CT molecular complexity index is 1630. The second-order valence-corrected chi connectivity index (χ2v) is 8.46. The molecule has 1 amide bonds. The zero-order valence-corrected chi connectivity index (χ0v) is 19.6. The van der Waals surface area contributed by atoms with E-state index in [2.05, 4.69) is 31.0 Å². The van der Waals surface area contributed by atoms with Gasteiger partial charge in [0.25, 0.3) is 11.5 Å². The lowest BCUT2D eigenvalue weighted by Crippen LogP contribution is -2.30. The molecule has 0 bridgehead atoms. The molecule has 1 aliphatic heterocycles. The van der Waals surface area contributed by atoms with Gasteiger partial charge >= 0.3 is 0 Å². The van der Waals surface area contributed by atoms with Gasteiger partial charge in [-0.05, 0) is 23.3 Å². The lowest BCUT2D eigenvalue weighted by atomic mass is 9.77. The van der Waals surface area contributed by atoms with Gasteiger partial charge in [-0.25, -0.2) is 14.4 Å². The van der Waals surface area contributed by atoms with Crippen molar-refractivity contribution in [3.63, 3.8) is 0 Å². The van der Waals surface area contributed by atoms with Crippen LogP contribution in [0.5, 0.6) is 11.6 Å². The van der Waals surface area contributed by atoms with Gasteiger partial charge in [-0.1, -0.05) is 24.2 Å². The first-order chi connectivity index (χ1) is 17.8. The average molecular weight is 502 g/mol. The fourth-order valence-corrected chi connectivity index (χ4v) is 4.60. The lowest BCUT2D eigenvalue weighted by molar-refractivity contribution is 0.101. The number of benzene rings is 1. The SMILES string of the molecule is CC(c1nc(C(=O)Nc2cnoc2)c(O)c(=O)n1C)C1c2c(C#N)cccc2COc2nccc(F)c21. The van der Waals surface area contributed by atoms with Crippen LogP contribution in [-0.2, 0) is 13.7 Å². The number of nitrogens with one attached hydrogen (secondary N) is 1. The highest BCUT2D eigenvalue weighted by molar-refractivity contribution is 6.04. The maximum Gasteiger partial charge on any atom is 0.296 e. The van der Waals surface area contributed by atoms with Crippen molar-refractivity contribution in [3.05, 3.63) is 92.9 Å². The minimum atomic E-state index is -0.877. The van der Waals surface area contributed by atoms with Crippen molar-refractivity contribution >= 4 is 11.6 Å². The Balaban J connectivity index is 1.72. The van der Waals surface area contributed by atoms with E-state index in [9.17, 15) is 20.0 Å². The second-order valence-electron chi connectivity index (χ2n) is 8.46. The van der Waals surface area contributed by atoms with Crippen LogP contribution in [0, 0.1) is 17.1 Å². The van der Waals surface area contributed by atoms with Crippen molar-refractivity contribution < 1.29 is 23.6 Å². The minimum Gasteiger partial charge on any atom is -0.501 e. The number of anilines is 1. The van der Waals surface area contributed by atoms with Crippen LogP contribution < -0.4 is 15.6 Å². The molecule has 37 heavy (non-hydrogen) atoms. The number of amides is 1. The topological polar surface area (TPSA) is 156 Å². The molecule has 0 spiro atoms. The highest BCUT2D eigenvalue weighted by Crippen LogP contribution is 2.46. The number of ether oxygens (including phenoxy) is 1. The number of carbonyl (C=O) groups is 1. The number of aromatic nitrogens is 4. The molecule has 12 heteroatoms. The van der Waals surface area contributed by atoms with E-state index in [1.54, 1.807) is 25.1 Å². The molecule has 0 fully saturated rings. The Morgan fingerprint density at radius 2 is 2.16 bits per heavy atom. The van der Waals surface area contributed by atoms with Crippen LogP contribution in [0.1, 0.15) is 57.3 Å². The van der Waals surface area contributed by atoms with Crippen LogP contribution in [0.25, 0.3) is 0 Å². The minimum absolute atomic E-state index is 0.0474. The lowest BCUT2D eigenvalue weighted by Gasteiger charge is -2.27. The summed E-state index contributed by atoms with van der Waals surface area (Å²) in [7, 11) is 1.38. The first-order valence-electron chi connectivity index (χ1n) is 11.1. The molecule has 186 valence electrons. The molecule has 5 rings (SSSR count). The number of fused-ring (bicyclic) bond motifs is 2. The van der Waals surface area contributed by atoms with Crippen molar-refractivity contribution in [2.24, 2.45) is 7.05 Å². The van der Waals surface area contributed by atoms with E-state index in [0.29, 0.717) is 16.7 Å². The Labute approximate surface area is 208 Å². The van der Waals surface area contributed by atoms with Gasteiger partial charge in [-0.3, -0.25) is 14.2 Å². The van der Waals surface area contributed by atoms with Crippen LogP contribution >= 0.6 is 0 Å². The highest BCUT2D eigenvalue weighted by Gasteiger charge is 2.37. The van der Waals surface area contributed by atoms with E-state index in [1.807, 2.05) is 0 Å². The first-order valence-corrected chi connectivity index (χ1v) is 11.1. The fraction of sp³-hybridized carbons (Fsp3) is 0.200. The Morgan fingerprint density at radius 1 is 1.35 bits per heavy atom. The molecule has 0 aliphatic carbocycles. The summed E-state index contributed by atoms with van der Waals surface area (Å²) in [5, 5.41) is 26.3. The van der Waals surface area contributed by atoms with Crippen molar-refractivity contribution in [3.8, 4) is 17.7 Å². The van der Waals surface area contributed by atoms with Crippen LogP contribution in [0.3, 0.4) is 0 Å². The first kappa shape index (κ1) is 23.7. The molecule has 1 aliphatic rings. The summed E-state index contributed by atoms with van der Waals surface area (Å²) in [5.41, 5.74) is 0.313. The molecule has 2 unspecified atom stereocenters. The second kappa shape index (κ2) is 9.19. The zero-order valence-electron chi connectivity index (χ0n) is 19.6. The zero-order chi connectivity index (χ0) is 26.3. The number of halogens is 1. The van der Waals surface area contributed by atoms with Crippen molar-refractivity contribution in [1.29, 1.82) is 5.26 Å². The molecule has 0 saturated carbocycles. The number of carbonyl (C=O) groups excluding carboxylic acids is 1. The van der Waals surface area contributed by atoms with Gasteiger partial charge < -0.3 is 19.7 Å². The van der Waals surface area contributed by atoms with E-state index < -0.39 is 40.6 Å². The molecule has 0 saturated heterocycles. The van der Waals surface area contributed by atoms with E-state index in [1.165, 1.54) is 25.5 Å². The molecule has 2 N–H and O–H groups in total. The Hall–Kier alpha value is -5.05. The molecule has 0 radical (unpaired) electrons. The smallest absolute Gasteiger partial charge is 0.296 e. The maximum atomic E-state index is 15.4. The molecular formula is C25H19FN6O5. The Kier molecular flexibility index (Phi) is 5.88. The van der Waals surface area contributed by atoms with E-state index in [-0.39, 0.29) is 29.6 Å².